The van der Waals surface area contributed by atoms with Crippen LogP contribution < -0.4 is 4.74 Å². The molecule has 0 aliphatic carbocycles. The van der Waals surface area contributed by atoms with Crippen LogP contribution in [-0.2, 0) is 9.05 Å². The molecule has 0 aliphatic rings. The van der Waals surface area contributed by atoms with Gasteiger partial charge < -0.3 is 4.74 Å². The molecule has 1 aromatic rings. The highest BCUT2D eigenvalue weighted by molar-refractivity contribution is 8.13. The molecule has 0 saturated carbocycles. The summed E-state index contributed by atoms with van der Waals surface area (Å²) in [6, 6.07) is 4.18. The average Bonchev–Trinajstić information content (AvgIpc) is 2.34. The van der Waals surface area contributed by atoms with Crippen LogP contribution in [0.4, 0.5) is 0 Å². The van der Waals surface area contributed by atoms with Crippen molar-refractivity contribution < 1.29 is 13.2 Å². The molecule has 106 valence electrons. The first-order valence-corrected chi connectivity index (χ1v) is 8.62. The maximum atomic E-state index is 11.1. The molecule has 6 heteroatoms. The second-order valence-corrected chi connectivity index (χ2v) is 6.99. The van der Waals surface area contributed by atoms with Gasteiger partial charge in [0, 0.05) is 10.7 Å². The van der Waals surface area contributed by atoms with Gasteiger partial charge in [-0.25, -0.2) is 8.42 Å². The molecule has 0 aromatic heterocycles. The van der Waals surface area contributed by atoms with Crippen LogP contribution in [0.2, 0.25) is 5.02 Å². The zero-order valence-electron chi connectivity index (χ0n) is 10.4. The zero-order valence-corrected chi connectivity index (χ0v) is 12.8. The van der Waals surface area contributed by atoms with Gasteiger partial charge in [-0.1, -0.05) is 17.7 Å². The Morgan fingerprint density at radius 3 is 2.58 bits per heavy atom. The van der Waals surface area contributed by atoms with Crippen molar-refractivity contribution in [2.24, 2.45) is 0 Å². The first kappa shape index (κ1) is 16.3. The quantitative estimate of drug-likeness (QED) is 0.405. The molecule has 3 nitrogen and oxygen atoms in total. The first-order valence-electron chi connectivity index (χ1n) is 5.93. The lowest BCUT2D eigenvalue weighted by molar-refractivity contribution is 0.305. The zero-order chi connectivity index (χ0) is 14.3. The number of benzene rings is 1. The molecule has 0 fully saturated rings. The average molecular weight is 323 g/mol. The van der Waals surface area contributed by atoms with E-state index in [1.807, 2.05) is 6.08 Å². The Labute approximate surface area is 123 Å². The monoisotopic (exact) mass is 322 g/mol. The molecule has 0 unspecified atom stereocenters. The summed E-state index contributed by atoms with van der Waals surface area (Å²) in [5, 5.41) is 0.243. The normalized spacial score (nSPS) is 11.3. The van der Waals surface area contributed by atoms with Crippen LogP contribution >= 0.6 is 22.3 Å². The number of hydrogen-bond donors (Lipinski definition) is 0. The van der Waals surface area contributed by atoms with Crippen molar-refractivity contribution >= 4 is 31.3 Å². The highest BCUT2D eigenvalue weighted by atomic mass is 35.7. The third-order valence-corrected chi connectivity index (χ3v) is 4.14. The minimum Gasteiger partial charge on any atom is -0.492 e. The Morgan fingerprint density at radius 2 is 2.00 bits per heavy atom. The summed E-state index contributed by atoms with van der Waals surface area (Å²) >= 11 is 5.94. The highest BCUT2D eigenvalue weighted by Gasteiger charge is 2.12. The molecule has 1 rings (SSSR count). The van der Waals surface area contributed by atoms with Crippen molar-refractivity contribution in [3.8, 4) is 5.75 Å². The summed E-state index contributed by atoms with van der Waals surface area (Å²) in [4.78, 5) is -0.0301. The lowest BCUT2D eigenvalue weighted by Gasteiger charge is -2.08. The first-order chi connectivity index (χ1) is 8.95. The van der Waals surface area contributed by atoms with E-state index in [1.54, 1.807) is 0 Å². The van der Waals surface area contributed by atoms with Gasteiger partial charge in [0.25, 0.3) is 9.05 Å². The van der Waals surface area contributed by atoms with Crippen molar-refractivity contribution in [2.45, 2.75) is 30.6 Å². The third-order valence-electron chi connectivity index (χ3n) is 2.50. The van der Waals surface area contributed by atoms with E-state index in [9.17, 15) is 8.42 Å². The van der Waals surface area contributed by atoms with Gasteiger partial charge in [-0.2, -0.15) is 0 Å². The Bertz CT molecular complexity index is 527. The van der Waals surface area contributed by atoms with Crippen LogP contribution in [-0.4, -0.2) is 15.0 Å². The molecule has 0 atom stereocenters. The summed E-state index contributed by atoms with van der Waals surface area (Å²) in [5.41, 5.74) is 0. The molecular weight excluding hydrogens is 307 g/mol. The maximum absolute atomic E-state index is 11.1. The number of allylic oxidation sites excluding steroid dienone is 1. The Morgan fingerprint density at radius 1 is 1.26 bits per heavy atom. The predicted molar refractivity (Wildman–Crippen MR) is 78.7 cm³/mol. The van der Waals surface area contributed by atoms with E-state index in [4.69, 9.17) is 27.0 Å². The van der Waals surface area contributed by atoms with E-state index in [0.717, 1.165) is 25.7 Å². The fourth-order valence-electron chi connectivity index (χ4n) is 1.50. The SMILES string of the molecule is C=CCCCCCOc1ccc(S(=O)(=O)Cl)cc1Cl. The van der Waals surface area contributed by atoms with Crippen molar-refractivity contribution in [3.05, 3.63) is 35.9 Å². The summed E-state index contributed by atoms with van der Waals surface area (Å²) in [6.07, 6.45) is 5.95. The summed E-state index contributed by atoms with van der Waals surface area (Å²) in [5.74, 6) is 0.467. The van der Waals surface area contributed by atoms with E-state index >= 15 is 0 Å². The van der Waals surface area contributed by atoms with E-state index < -0.39 is 9.05 Å². The van der Waals surface area contributed by atoms with Crippen LogP contribution in [0.25, 0.3) is 0 Å². The van der Waals surface area contributed by atoms with Crippen molar-refractivity contribution in [1.29, 1.82) is 0 Å². The minimum absolute atomic E-state index is 0.0301. The van der Waals surface area contributed by atoms with Gasteiger partial charge in [0.05, 0.1) is 16.5 Å². The lowest BCUT2D eigenvalue weighted by Crippen LogP contribution is -1.99. The fraction of sp³-hybridized carbons (Fsp3) is 0.385. The van der Waals surface area contributed by atoms with Crippen LogP contribution in [0.5, 0.6) is 5.75 Å². The Balaban J connectivity index is 2.49. The molecule has 0 spiro atoms. The van der Waals surface area contributed by atoms with Crippen LogP contribution in [0, 0.1) is 0 Å². The van der Waals surface area contributed by atoms with Crippen molar-refractivity contribution in [3.63, 3.8) is 0 Å². The van der Waals surface area contributed by atoms with Crippen LogP contribution in [0.3, 0.4) is 0 Å². The largest absolute Gasteiger partial charge is 0.492 e. The van der Waals surface area contributed by atoms with Crippen molar-refractivity contribution in [2.75, 3.05) is 6.61 Å². The molecule has 0 amide bonds. The van der Waals surface area contributed by atoms with Crippen LogP contribution in [0.15, 0.2) is 35.7 Å². The van der Waals surface area contributed by atoms with E-state index in [1.165, 1.54) is 18.2 Å². The summed E-state index contributed by atoms with van der Waals surface area (Å²) in [6.45, 7) is 4.20. The van der Waals surface area contributed by atoms with Gasteiger partial charge in [-0.3, -0.25) is 0 Å². The molecule has 0 N–H and O–H groups in total. The van der Waals surface area contributed by atoms with Gasteiger partial charge in [0.2, 0.25) is 0 Å². The third kappa shape index (κ3) is 5.85. The highest BCUT2D eigenvalue weighted by Crippen LogP contribution is 2.28. The van der Waals surface area contributed by atoms with Crippen LogP contribution in [0.1, 0.15) is 25.7 Å². The number of ether oxygens (including phenoxy) is 1. The molecule has 0 heterocycles. The predicted octanol–water partition coefficient (Wildman–Crippen LogP) is 4.39. The van der Waals surface area contributed by atoms with Gasteiger partial charge in [-0.05, 0) is 43.9 Å². The van der Waals surface area contributed by atoms with Gasteiger partial charge in [-0.15, -0.1) is 6.58 Å². The van der Waals surface area contributed by atoms with Gasteiger partial charge >= 0.3 is 0 Å². The molecule has 0 bridgehead atoms. The molecule has 0 radical (unpaired) electrons. The second kappa shape index (κ2) is 7.78. The topological polar surface area (TPSA) is 43.4 Å². The maximum Gasteiger partial charge on any atom is 0.261 e. The van der Waals surface area contributed by atoms with E-state index in [0.29, 0.717) is 12.4 Å². The van der Waals surface area contributed by atoms with Crippen molar-refractivity contribution in [1.82, 2.24) is 0 Å². The molecule has 19 heavy (non-hydrogen) atoms. The van der Waals surface area contributed by atoms with E-state index in [2.05, 4.69) is 6.58 Å². The Hall–Kier alpha value is -0.710. The van der Waals surface area contributed by atoms with E-state index in [-0.39, 0.29) is 9.92 Å². The summed E-state index contributed by atoms with van der Waals surface area (Å²) < 4.78 is 27.7. The molecule has 0 saturated heterocycles. The summed E-state index contributed by atoms with van der Waals surface area (Å²) in [7, 11) is 1.47. The second-order valence-electron chi connectivity index (χ2n) is 4.02. The fourth-order valence-corrected chi connectivity index (χ4v) is 2.58. The Kier molecular flexibility index (Phi) is 6.69. The van der Waals surface area contributed by atoms with Gasteiger partial charge in [0.15, 0.2) is 0 Å². The minimum atomic E-state index is -3.75. The molecular formula is C13H16Cl2O3S. The number of rotatable bonds is 8. The number of hydrogen-bond acceptors (Lipinski definition) is 3. The molecule has 0 aliphatic heterocycles. The number of halogens is 2. The standard InChI is InChI=1S/C13H16Cl2O3S/c1-2-3-4-5-6-9-18-13-8-7-11(10-12(13)14)19(15,16)17/h2,7-8,10H,1,3-6,9H2. The lowest BCUT2D eigenvalue weighted by atomic mass is 10.2. The van der Waals surface area contributed by atoms with Gasteiger partial charge in [0.1, 0.15) is 5.75 Å². The number of unbranched alkanes of at least 4 members (excludes halogenated alkanes) is 3. The smallest absolute Gasteiger partial charge is 0.261 e. The molecule has 1 aromatic carbocycles.